The second-order valence-corrected chi connectivity index (χ2v) is 5.85. The second-order valence-electron chi connectivity index (χ2n) is 5.85. The van der Waals surface area contributed by atoms with Gasteiger partial charge in [-0.2, -0.15) is 5.10 Å². The van der Waals surface area contributed by atoms with Crippen LogP contribution >= 0.6 is 0 Å². The van der Waals surface area contributed by atoms with Gasteiger partial charge in [0.05, 0.1) is 23.4 Å². The molecule has 1 aromatic heterocycles. The number of benzene rings is 1. The molecule has 0 aliphatic rings. The van der Waals surface area contributed by atoms with Crippen molar-refractivity contribution < 1.29 is 14.7 Å². The van der Waals surface area contributed by atoms with Crippen LogP contribution in [0.25, 0.3) is 0 Å². The lowest BCUT2D eigenvalue weighted by atomic mass is 10.1. The molecule has 0 unspecified atom stereocenters. The van der Waals surface area contributed by atoms with Crippen molar-refractivity contribution in [2.45, 2.75) is 46.6 Å². The lowest BCUT2D eigenvalue weighted by Gasteiger charge is -2.15. The van der Waals surface area contributed by atoms with Crippen molar-refractivity contribution in [2.24, 2.45) is 0 Å². The summed E-state index contributed by atoms with van der Waals surface area (Å²) in [6.07, 6.45) is 3.46. The summed E-state index contributed by atoms with van der Waals surface area (Å²) < 4.78 is 1.88. The van der Waals surface area contributed by atoms with E-state index >= 15 is 0 Å². The van der Waals surface area contributed by atoms with Crippen LogP contribution in [0.1, 0.15) is 64.7 Å². The SMILES string of the molecule is CCC(CC)n1ncc(C(=O)Nc2cc(C(=O)O)ccc2C)c1C. The summed E-state index contributed by atoms with van der Waals surface area (Å²) >= 11 is 0. The van der Waals surface area contributed by atoms with E-state index in [4.69, 9.17) is 5.11 Å². The Morgan fingerprint density at radius 3 is 2.50 bits per heavy atom. The Hall–Kier alpha value is -2.63. The fraction of sp³-hybridized carbons (Fsp3) is 0.389. The zero-order chi connectivity index (χ0) is 17.9. The Bertz CT molecular complexity index is 761. The fourth-order valence-electron chi connectivity index (χ4n) is 2.73. The predicted molar refractivity (Wildman–Crippen MR) is 92.7 cm³/mol. The topological polar surface area (TPSA) is 84.2 Å². The third-order valence-corrected chi connectivity index (χ3v) is 4.31. The lowest BCUT2D eigenvalue weighted by Crippen LogP contribution is -2.16. The molecule has 2 aromatic rings. The Balaban J connectivity index is 2.28. The highest BCUT2D eigenvalue weighted by atomic mass is 16.4. The zero-order valence-corrected chi connectivity index (χ0v) is 14.5. The number of nitrogens with one attached hydrogen (secondary N) is 1. The first kappa shape index (κ1) is 17.7. The highest BCUT2D eigenvalue weighted by Crippen LogP contribution is 2.22. The van der Waals surface area contributed by atoms with E-state index in [0.717, 1.165) is 24.1 Å². The summed E-state index contributed by atoms with van der Waals surface area (Å²) in [7, 11) is 0. The van der Waals surface area contributed by atoms with Crippen LogP contribution in [0.2, 0.25) is 0 Å². The minimum Gasteiger partial charge on any atom is -0.478 e. The average Bonchev–Trinajstić information content (AvgIpc) is 2.92. The average molecular weight is 329 g/mol. The molecule has 0 atom stereocenters. The highest BCUT2D eigenvalue weighted by molar-refractivity contribution is 6.05. The van der Waals surface area contributed by atoms with Crippen molar-refractivity contribution in [2.75, 3.05) is 5.32 Å². The van der Waals surface area contributed by atoms with Gasteiger partial charge >= 0.3 is 5.97 Å². The second kappa shape index (κ2) is 7.29. The first-order chi connectivity index (χ1) is 11.4. The smallest absolute Gasteiger partial charge is 0.335 e. The van der Waals surface area contributed by atoms with E-state index in [2.05, 4.69) is 24.3 Å². The van der Waals surface area contributed by atoms with Crippen molar-refractivity contribution in [1.29, 1.82) is 0 Å². The van der Waals surface area contributed by atoms with Gasteiger partial charge in [0.2, 0.25) is 0 Å². The predicted octanol–water partition coefficient (Wildman–Crippen LogP) is 3.81. The summed E-state index contributed by atoms with van der Waals surface area (Å²) in [6, 6.07) is 4.93. The molecule has 0 spiro atoms. The number of amides is 1. The number of nitrogens with zero attached hydrogens (tertiary/aromatic N) is 2. The number of hydrogen-bond acceptors (Lipinski definition) is 3. The zero-order valence-electron chi connectivity index (χ0n) is 14.5. The maximum Gasteiger partial charge on any atom is 0.335 e. The molecular formula is C18H23N3O3. The molecule has 6 heteroatoms. The summed E-state index contributed by atoms with van der Waals surface area (Å²) in [5.74, 6) is -1.31. The van der Waals surface area contributed by atoms with Crippen LogP contribution in [0.4, 0.5) is 5.69 Å². The minimum absolute atomic E-state index is 0.139. The number of rotatable bonds is 6. The molecule has 0 aliphatic carbocycles. The molecule has 24 heavy (non-hydrogen) atoms. The van der Waals surface area contributed by atoms with Crippen molar-refractivity contribution in [3.05, 3.63) is 46.8 Å². The number of hydrogen-bond donors (Lipinski definition) is 2. The van der Waals surface area contributed by atoms with Crippen LogP contribution in [0.15, 0.2) is 24.4 Å². The largest absolute Gasteiger partial charge is 0.478 e. The fourth-order valence-corrected chi connectivity index (χ4v) is 2.73. The number of anilines is 1. The number of carbonyl (C=O) groups excluding carboxylic acids is 1. The quantitative estimate of drug-likeness (QED) is 0.844. The number of carboxylic acids is 1. The van der Waals surface area contributed by atoms with Crippen molar-refractivity contribution >= 4 is 17.6 Å². The number of carbonyl (C=O) groups is 2. The van der Waals surface area contributed by atoms with Crippen molar-refractivity contribution in [1.82, 2.24) is 9.78 Å². The number of carboxylic acid groups (broad SMARTS) is 1. The summed E-state index contributed by atoms with van der Waals surface area (Å²) in [5, 5.41) is 16.2. The highest BCUT2D eigenvalue weighted by Gasteiger charge is 2.19. The molecule has 1 heterocycles. The van der Waals surface area contributed by atoms with Crippen LogP contribution in [0, 0.1) is 13.8 Å². The minimum atomic E-state index is -1.02. The molecule has 2 N–H and O–H groups in total. The van der Waals surface area contributed by atoms with Crippen molar-refractivity contribution in [3.63, 3.8) is 0 Å². The van der Waals surface area contributed by atoms with Gasteiger partial charge in [-0.25, -0.2) is 4.79 Å². The van der Waals surface area contributed by atoms with Gasteiger partial charge in [-0.3, -0.25) is 9.48 Å². The molecular weight excluding hydrogens is 306 g/mol. The number of aromatic carboxylic acids is 1. The summed E-state index contributed by atoms with van der Waals surface area (Å²) in [4.78, 5) is 23.7. The van der Waals surface area contributed by atoms with E-state index in [1.807, 2.05) is 18.5 Å². The van der Waals surface area contributed by atoms with Crippen LogP contribution in [-0.4, -0.2) is 26.8 Å². The number of aromatic nitrogens is 2. The molecule has 128 valence electrons. The van der Waals surface area contributed by atoms with Gasteiger partial charge in [0, 0.05) is 11.4 Å². The van der Waals surface area contributed by atoms with E-state index in [1.165, 1.54) is 12.1 Å². The summed E-state index contributed by atoms with van der Waals surface area (Å²) in [6.45, 7) is 7.88. The molecule has 0 saturated heterocycles. The first-order valence-electron chi connectivity index (χ1n) is 8.08. The summed E-state index contributed by atoms with van der Waals surface area (Å²) in [5.41, 5.74) is 2.75. The van der Waals surface area contributed by atoms with E-state index in [9.17, 15) is 9.59 Å². The molecule has 0 aliphatic heterocycles. The molecule has 1 aromatic carbocycles. The Kier molecular flexibility index (Phi) is 5.39. The van der Waals surface area contributed by atoms with Gasteiger partial charge in [0.1, 0.15) is 0 Å². The molecule has 0 radical (unpaired) electrons. The van der Waals surface area contributed by atoms with E-state index in [1.54, 1.807) is 12.3 Å². The monoisotopic (exact) mass is 329 g/mol. The Morgan fingerprint density at radius 2 is 1.92 bits per heavy atom. The van der Waals surface area contributed by atoms with Gasteiger partial charge < -0.3 is 10.4 Å². The Morgan fingerprint density at radius 1 is 1.25 bits per heavy atom. The third kappa shape index (κ3) is 3.48. The van der Waals surface area contributed by atoms with Gasteiger partial charge in [0.25, 0.3) is 5.91 Å². The molecule has 0 bridgehead atoms. The molecule has 0 fully saturated rings. The maximum atomic E-state index is 12.6. The van der Waals surface area contributed by atoms with Crippen LogP contribution in [-0.2, 0) is 0 Å². The Labute approximate surface area is 141 Å². The molecule has 6 nitrogen and oxygen atoms in total. The van der Waals surface area contributed by atoms with Gasteiger partial charge in [0.15, 0.2) is 0 Å². The van der Waals surface area contributed by atoms with Crippen molar-refractivity contribution in [3.8, 4) is 0 Å². The standard InChI is InChI=1S/C18H23N3O3/c1-5-14(6-2)21-12(4)15(10-19-21)17(22)20-16-9-13(18(23)24)8-7-11(16)3/h7-10,14H,5-6H2,1-4H3,(H,20,22)(H,23,24). The van der Waals surface area contributed by atoms with Gasteiger partial charge in [-0.05, 0) is 44.4 Å². The van der Waals surface area contributed by atoms with Gasteiger partial charge in [-0.1, -0.05) is 19.9 Å². The number of aryl methyl sites for hydroxylation is 1. The first-order valence-corrected chi connectivity index (χ1v) is 8.08. The molecule has 0 saturated carbocycles. The van der Waals surface area contributed by atoms with E-state index in [-0.39, 0.29) is 17.5 Å². The van der Waals surface area contributed by atoms with Crippen LogP contribution in [0.3, 0.4) is 0 Å². The molecule has 2 rings (SSSR count). The normalized spacial score (nSPS) is 10.9. The lowest BCUT2D eigenvalue weighted by molar-refractivity contribution is 0.0696. The van der Waals surface area contributed by atoms with E-state index in [0.29, 0.717) is 11.3 Å². The van der Waals surface area contributed by atoms with Gasteiger partial charge in [-0.15, -0.1) is 0 Å². The molecule has 1 amide bonds. The maximum absolute atomic E-state index is 12.6. The third-order valence-electron chi connectivity index (χ3n) is 4.31. The van der Waals surface area contributed by atoms with E-state index < -0.39 is 5.97 Å². The van der Waals surface area contributed by atoms with Crippen LogP contribution in [0.5, 0.6) is 0 Å². The van der Waals surface area contributed by atoms with Crippen LogP contribution < -0.4 is 5.32 Å².